The fourth-order valence-electron chi connectivity index (χ4n) is 4.48. The average Bonchev–Trinajstić information content (AvgIpc) is 3.46. The maximum absolute atomic E-state index is 12.8. The molecule has 2 unspecified atom stereocenters. The first-order chi connectivity index (χ1) is 13.9. The number of likely N-dealkylation sites (tertiary alicyclic amines) is 1. The summed E-state index contributed by atoms with van der Waals surface area (Å²) in [5.74, 6) is 1.90. The molecule has 1 aliphatic carbocycles. The molecule has 1 saturated heterocycles. The summed E-state index contributed by atoms with van der Waals surface area (Å²) in [6.07, 6.45) is 1.92. The lowest BCUT2D eigenvalue weighted by Gasteiger charge is -2.30. The number of aliphatic hydroxyl groups is 2. The number of carbonyl (C=O) groups is 1. The van der Waals surface area contributed by atoms with Gasteiger partial charge in [-0.2, -0.15) is 0 Å². The van der Waals surface area contributed by atoms with Crippen molar-refractivity contribution in [1.29, 1.82) is 0 Å². The van der Waals surface area contributed by atoms with E-state index in [0.29, 0.717) is 31.2 Å². The van der Waals surface area contributed by atoms with Gasteiger partial charge in [0.1, 0.15) is 6.10 Å². The summed E-state index contributed by atoms with van der Waals surface area (Å²) in [5, 5.41) is 20.6. The number of hydrogen-bond acceptors (Lipinski definition) is 5. The van der Waals surface area contributed by atoms with Crippen molar-refractivity contribution in [2.75, 3.05) is 20.3 Å². The van der Waals surface area contributed by atoms with E-state index in [0.717, 1.165) is 17.7 Å². The van der Waals surface area contributed by atoms with E-state index in [1.165, 1.54) is 12.8 Å². The monoisotopic (exact) mass is 405 g/mol. The van der Waals surface area contributed by atoms with Crippen molar-refractivity contribution in [2.24, 2.45) is 11.8 Å². The molecule has 2 aliphatic rings. The lowest BCUT2D eigenvalue weighted by atomic mass is 9.85. The maximum Gasteiger partial charge on any atom is 0.251 e. The summed E-state index contributed by atoms with van der Waals surface area (Å²) in [6, 6.07) is 5.62. The van der Waals surface area contributed by atoms with Crippen LogP contribution in [0.4, 0.5) is 0 Å². The first-order valence-corrected chi connectivity index (χ1v) is 10.8. The molecule has 1 saturated carbocycles. The Morgan fingerprint density at radius 1 is 1.28 bits per heavy atom. The molecule has 162 valence electrons. The summed E-state index contributed by atoms with van der Waals surface area (Å²) in [6.45, 7) is 6.90. The van der Waals surface area contributed by atoms with Crippen molar-refractivity contribution < 1.29 is 24.5 Å². The molecule has 6 nitrogen and oxygen atoms in total. The van der Waals surface area contributed by atoms with Gasteiger partial charge in [-0.1, -0.05) is 26.3 Å². The van der Waals surface area contributed by atoms with Crippen molar-refractivity contribution in [2.45, 2.75) is 70.6 Å². The van der Waals surface area contributed by atoms with E-state index in [-0.39, 0.29) is 23.8 Å². The second kappa shape index (κ2) is 9.35. The third kappa shape index (κ3) is 4.86. The minimum atomic E-state index is -1.01. The van der Waals surface area contributed by atoms with E-state index in [1.807, 2.05) is 25.1 Å². The van der Waals surface area contributed by atoms with Crippen LogP contribution < -0.4 is 9.47 Å². The highest BCUT2D eigenvalue weighted by atomic mass is 16.5. The van der Waals surface area contributed by atoms with E-state index >= 15 is 0 Å². The predicted octanol–water partition coefficient (Wildman–Crippen LogP) is 2.96. The van der Waals surface area contributed by atoms with Gasteiger partial charge in [0, 0.05) is 12.5 Å². The average molecular weight is 406 g/mol. The highest BCUT2D eigenvalue weighted by Crippen LogP contribution is 2.42. The second-order valence-electron chi connectivity index (χ2n) is 8.66. The molecule has 0 bridgehead atoms. The number of methoxy groups -OCH3 is 1. The van der Waals surface area contributed by atoms with Gasteiger partial charge in [0.05, 0.1) is 25.9 Å². The molecule has 2 N–H and O–H groups in total. The zero-order valence-electron chi connectivity index (χ0n) is 18.0. The van der Waals surface area contributed by atoms with Crippen LogP contribution in [0.2, 0.25) is 0 Å². The summed E-state index contributed by atoms with van der Waals surface area (Å²) in [7, 11) is 1.64. The van der Waals surface area contributed by atoms with Crippen molar-refractivity contribution >= 4 is 5.91 Å². The zero-order chi connectivity index (χ0) is 21.1. The van der Waals surface area contributed by atoms with E-state index in [1.54, 1.807) is 18.9 Å². The Labute approximate surface area is 173 Å². The minimum absolute atomic E-state index is 0.0532. The molecule has 5 atom stereocenters. The number of benzene rings is 1. The Balaban J connectivity index is 1.83. The Hall–Kier alpha value is -1.79. The quantitative estimate of drug-likeness (QED) is 0.660. The minimum Gasteiger partial charge on any atom is -0.493 e. The van der Waals surface area contributed by atoms with Crippen molar-refractivity contribution in [3.63, 3.8) is 0 Å². The van der Waals surface area contributed by atoms with Crippen LogP contribution in [0, 0.1) is 11.8 Å². The van der Waals surface area contributed by atoms with Gasteiger partial charge in [0.15, 0.2) is 11.5 Å². The van der Waals surface area contributed by atoms with Gasteiger partial charge in [0.2, 0.25) is 0 Å². The standard InChI is InChI=1S/C23H35NO5/c1-5-6-19(26)23(27)24-12-18(14(2)22(24)15(3)25)17-9-10-20(28-4)21(11-17)29-13-16-7-8-16/h9-11,14-16,18-19,22,25-26H,5-8,12-13H2,1-4H3/t14-,15+,18-,19?,22?/m0/s1. The molecule has 1 heterocycles. The number of carbonyl (C=O) groups excluding carboxylic acids is 1. The SMILES string of the molecule is CCCC(O)C(=O)N1C[C@H](c2ccc(OC)c(OCC3CC3)c2)[C@H](C)C1[C@@H](C)O. The fraction of sp³-hybridized carbons (Fsp3) is 0.696. The molecule has 29 heavy (non-hydrogen) atoms. The van der Waals surface area contributed by atoms with E-state index in [2.05, 4.69) is 6.92 Å². The molecule has 1 aliphatic heterocycles. The topological polar surface area (TPSA) is 79.2 Å². The zero-order valence-corrected chi connectivity index (χ0v) is 18.0. The number of rotatable bonds is 9. The molecule has 1 aromatic rings. The van der Waals surface area contributed by atoms with Crippen LogP contribution in [0.1, 0.15) is 57.9 Å². The van der Waals surface area contributed by atoms with E-state index in [9.17, 15) is 15.0 Å². The molecule has 0 radical (unpaired) electrons. The third-order valence-corrected chi connectivity index (χ3v) is 6.34. The summed E-state index contributed by atoms with van der Waals surface area (Å²) in [5.41, 5.74) is 1.06. The number of aliphatic hydroxyl groups excluding tert-OH is 2. The van der Waals surface area contributed by atoms with Gasteiger partial charge in [-0.15, -0.1) is 0 Å². The van der Waals surface area contributed by atoms with Gasteiger partial charge >= 0.3 is 0 Å². The Morgan fingerprint density at radius 3 is 2.59 bits per heavy atom. The van der Waals surface area contributed by atoms with Crippen LogP contribution in [-0.4, -0.2) is 59.5 Å². The molecular formula is C23H35NO5. The van der Waals surface area contributed by atoms with Crippen molar-refractivity contribution in [1.82, 2.24) is 4.90 Å². The van der Waals surface area contributed by atoms with Crippen LogP contribution in [0.3, 0.4) is 0 Å². The van der Waals surface area contributed by atoms with Gasteiger partial charge in [-0.25, -0.2) is 0 Å². The normalized spacial score (nSPS) is 26.3. The van der Waals surface area contributed by atoms with Gasteiger partial charge < -0.3 is 24.6 Å². The van der Waals surface area contributed by atoms with E-state index < -0.39 is 12.2 Å². The highest BCUT2D eigenvalue weighted by molar-refractivity contribution is 5.81. The first-order valence-electron chi connectivity index (χ1n) is 10.8. The first kappa shape index (κ1) is 21.9. The fourth-order valence-corrected chi connectivity index (χ4v) is 4.48. The van der Waals surface area contributed by atoms with Gasteiger partial charge in [0.25, 0.3) is 5.91 Å². The third-order valence-electron chi connectivity index (χ3n) is 6.34. The summed E-state index contributed by atoms with van der Waals surface area (Å²) >= 11 is 0. The number of hydrogen-bond donors (Lipinski definition) is 2. The molecule has 2 fully saturated rings. The van der Waals surface area contributed by atoms with Gasteiger partial charge in [-0.05, 0) is 55.7 Å². The Kier molecular flexibility index (Phi) is 7.06. The molecule has 0 aromatic heterocycles. The molecule has 0 spiro atoms. The number of ether oxygens (including phenoxy) is 2. The predicted molar refractivity (Wildman–Crippen MR) is 111 cm³/mol. The summed E-state index contributed by atoms with van der Waals surface area (Å²) < 4.78 is 11.5. The number of nitrogens with zero attached hydrogens (tertiary/aromatic N) is 1. The van der Waals surface area contributed by atoms with Crippen LogP contribution in [0.25, 0.3) is 0 Å². The maximum atomic E-state index is 12.8. The van der Waals surface area contributed by atoms with Crippen LogP contribution >= 0.6 is 0 Å². The molecule has 3 rings (SSSR count). The molecule has 1 amide bonds. The second-order valence-corrected chi connectivity index (χ2v) is 8.66. The smallest absolute Gasteiger partial charge is 0.251 e. The lowest BCUT2D eigenvalue weighted by Crippen LogP contribution is -2.47. The van der Waals surface area contributed by atoms with Crippen LogP contribution in [-0.2, 0) is 4.79 Å². The molecular weight excluding hydrogens is 370 g/mol. The van der Waals surface area contributed by atoms with Crippen LogP contribution in [0.5, 0.6) is 11.5 Å². The van der Waals surface area contributed by atoms with Crippen LogP contribution in [0.15, 0.2) is 18.2 Å². The highest BCUT2D eigenvalue weighted by Gasteiger charge is 2.45. The Morgan fingerprint density at radius 2 is 2.00 bits per heavy atom. The van der Waals surface area contributed by atoms with Gasteiger partial charge in [-0.3, -0.25) is 4.79 Å². The largest absolute Gasteiger partial charge is 0.493 e. The summed E-state index contributed by atoms with van der Waals surface area (Å²) in [4.78, 5) is 14.5. The molecule has 1 aromatic carbocycles. The molecule has 6 heteroatoms. The Bertz CT molecular complexity index is 703. The van der Waals surface area contributed by atoms with Crippen molar-refractivity contribution in [3.05, 3.63) is 23.8 Å². The number of amides is 1. The lowest BCUT2D eigenvalue weighted by molar-refractivity contribution is -0.143. The van der Waals surface area contributed by atoms with Crippen molar-refractivity contribution in [3.8, 4) is 11.5 Å². The van der Waals surface area contributed by atoms with E-state index in [4.69, 9.17) is 9.47 Å².